The lowest BCUT2D eigenvalue weighted by Crippen LogP contribution is -2.16. The molecule has 5 N–H and O–H groups in total. The van der Waals surface area contributed by atoms with E-state index in [-0.39, 0.29) is 32.9 Å². The Morgan fingerprint density at radius 3 is 2.31 bits per heavy atom. The summed E-state index contributed by atoms with van der Waals surface area (Å²) in [6.07, 6.45) is -1.32. The molecule has 2 aromatic carbocycles. The molecule has 4 aromatic rings. The van der Waals surface area contributed by atoms with Gasteiger partial charge in [0, 0.05) is 11.6 Å². The number of hydrogen-bond donors (Lipinski definition) is 4. The van der Waals surface area contributed by atoms with E-state index in [1.807, 2.05) is 6.07 Å². The van der Waals surface area contributed by atoms with E-state index in [0.29, 0.717) is 16.9 Å². The number of anilines is 2. The predicted molar refractivity (Wildman–Crippen MR) is 131 cm³/mol. The van der Waals surface area contributed by atoms with E-state index in [1.165, 1.54) is 28.9 Å². The summed E-state index contributed by atoms with van der Waals surface area (Å²) < 4.78 is 1.38. The van der Waals surface area contributed by atoms with Crippen molar-refractivity contribution < 1.29 is 19.5 Å². The van der Waals surface area contributed by atoms with Crippen molar-refractivity contribution in [2.45, 2.75) is 0 Å². The van der Waals surface area contributed by atoms with E-state index in [0.717, 1.165) is 0 Å². The monoisotopic (exact) mass is 510 g/mol. The standard InChI is InChI=1S/C23H16Cl2N6O4/c24-15-7-6-12(17-9-8-16(25)21(27-17)29-23(34)35)10-14(15)22(33)28-19-11-18(20(26)32)30-31(19)13-4-2-1-3-5-13/h1-11H,(H2,26,32)(H,27,29)(H,28,33)(H,34,35). The molecule has 12 heteroatoms. The van der Waals surface area contributed by atoms with Gasteiger partial charge in [-0.25, -0.2) is 14.5 Å². The largest absolute Gasteiger partial charge is 0.465 e. The number of nitrogens with one attached hydrogen (secondary N) is 2. The van der Waals surface area contributed by atoms with Crippen LogP contribution in [-0.4, -0.2) is 37.8 Å². The van der Waals surface area contributed by atoms with E-state index in [1.54, 1.807) is 36.4 Å². The summed E-state index contributed by atoms with van der Waals surface area (Å²) in [6, 6.07) is 17.9. The van der Waals surface area contributed by atoms with E-state index < -0.39 is 17.9 Å². The lowest BCUT2D eigenvalue weighted by molar-refractivity contribution is 0.0992. The number of rotatable bonds is 6. The molecule has 2 heterocycles. The van der Waals surface area contributed by atoms with Gasteiger partial charge in [0.25, 0.3) is 11.8 Å². The third-order valence-electron chi connectivity index (χ3n) is 4.78. The molecule has 176 valence electrons. The van der Waals surface area contributed by atoms with Gasteiger partial charge in [0.1, 0.15) is 5.82 Å². The van der Waals surface area contributed by atoms with Gasteiger partial charge in [-0.3, -0.25) is 14.9 Å². The average molecular weight is 511 g/mol. The minimum Gasteiger partial charge on any atom is -0.465 e. The SMILES string of the molecule is NC(=O)c1cc(NC(=O)c2cc(-c3ccc(Cl)c(NC(=O)O)n3)ccc2Cl)n(-c2ccccc2)n1. The van der Waals surface area contributed by atoms with Crippen LogP contribution in [0.3, 0.4) is 0 Å². The van der Waals surface area contributed by atoms with Gasteiger partial charge in [-0.05, 0) is 36.4 Å². The number of primary amides is 1. The van der Waals surface area contributed by atoms with Crippen LogP contribution in [0.25, 0.3) is 16.9 Å². The van der Waals surface area contributed by atoms with E-state index in [4.69, 9.17) is 34.0 Å². The molecular weight excluding hydrogens is 495 g/mol. The quantitative estimate of drug-likeness (QED) is 0.295. The van der Waals surface area contributed by atoms with Crippen molar-refractivity contribution in [2.24, 2.45) is 5.73 Å². The molecule has 0 saturated heterocycles. The molecule has 0 spiro atoms. The topological polar surface area (TPSA) is 152 Å². The molecule has 0 fully saturated rings. The lowest BCUT2D eigenvalue weighted by atomic mass is 10.1. The molecule has 3 amide bonds. The Hall–Kier alpha value is -4.41. The summed E-state index contributed by atoms with van der Waals surface area (Å²) in [5.41, 5.74) is 6.88. The number of benzene rings is 2. The molecule has 10 nitrogen and oxygen atoms in total. The zero-order valence-corrected chi connectivity index (χ0v) is 19.2. The van der Waals surface area contributed by atoms with Crippen LogP contribution in [0, 0.1) is 0 Å². The van der Waals surface area contributed by atoms with Gasteiger partial charge >= 0.3 is 6.09 Å². The van der Waals surface area contributed by atoms with Gasteiger partial charge < -0.3 is 16.2 Å². The zero-order chi connectivity index (χ0) is 25.1. The molecule has 2 aromatic heterocycles. The normalized spacial score (nSPS) is 10.6. The first-order valence-corrected chi connectivity index (χ1v) is 10.7. The summed E-state index contributed by atoms with van der Waals surface area (Å²) in [4.78, 5) is 40.0. The van der Waals surface area contributed by atoms with Gasteiger partial charge in [-0.1, -0.05) is 47.5 Å². The number of carbonyl (C=O) groups is 3. The number of carbonyl (C=O) groups excluding carboxylic acids is 2. The highest BCUT2D eigenvalue weighted by Gasteiger charge is 2.19. The van der Waals surface area contributed by atoms with Crippen LogP contribution in [0.2, 0.25) is 10.0 Å². The summed E-state index contributed by atoms with van der Waals surface area (Å²) in [6.45, 7) is 0. The van der Waals surface area contributed by atoms with Crippen LogP contribution in [0.4, 0.5) is 16.4 Å². The fraction of sp³-hybridized carbons (Fsp3) is 0. The van der Waals surface area contributed by atoms with Gasteiger partial charge in [-0.2, -0.15) is 5.10 Å². The Balaban J connectivity index is 1.69. The van der Waals surface area contributed by atoms with Crippen molar-refractivity contribution in [2.75, 3.05) is 10.6 Å². The second kappa shape index (κ2) is 9.84. The van der Waals surface area contributed by atoms with Crippen LogP contribution < -0.4 is 16.4 Å². The average Bonchev–Trinajstić information content (AvgIpc) is 3.25. The maximum absolute atomic E-state index is 13.2. The fourth-order valence-corrected chi connectivity index (χ4v) is 3.55. The number of nitrogens with two attached hydrogens (primary N) is 1. The van der Waals surface area contributed by atoms with Crippen molar-refractivity contribution in [3.8, 4) is 16.9 Å². The molecule has 0 radical (unpaired) electrons. The second-order valence-corrected chi connectivity index (χ2v) is 7.95. The van der Waals surface area contributed by atoms with Gasteiger partial charge in [0.15, 0.2) is 11.5 Å². The minimum atomic E-state index is -1.32. The Kier molecular flexibility index (Phi) is 6.67. The van der Waals surface area contributed by atoms with Gasteiger partial charge in [0.05, 0.1) is 27.0 Å². The molecule has 0 aliphatic rings. The Morgan fingerprint density at radius 2 is 1.63 bits per heavy atom. The Bertz CT molecular complexity index is 1460. The number of aromatic nitrogens is 3. The molecule has 0 atom stereocenters. The van der Waals surface area contributed by atoms with Crippen molar-refractivity contribution >= 4 is 52.7 Å². The third kappa shape index (κ3) is 5.24. The number of para-hydroxylation sites is 1. The maximum atomic E-state index is 13.2. The van der Waals surface area contributed by atoms with Crippen LogP contribution in [0.5, 0.6) is 0 Å². The Labute approximate surface area is 208 Å². The summed E-state index contributed by atoms with van der Waals surface area (Å²) in [5, 5.41) is 18.2. The van der Waals surface area contributed by atoms with E-state index in [9.17, 15) is 14.4 Å². The molecule has 0 aliphatic heterocycles. The lowest BCUT2D eigenvalue weighted by Gasteiger charge is -2.11. The van der Waals surface area contributed by atoms with Crippen LogP contribution in [0.15, 0.2) is 66.7 Å². The molecule has 0 saturated carbocycles. The first kappa shape index (κ1) is 23.7. The van der Waals surface area contributed by atoms with E-state index in [2.05, 4.69) is 20.7 Å². The zero-order valence-electron chi connectivity index (χ0n) is 17.7. The summed E-state index contributed by atoms with van der Waals surface area (Å²) in [5.74, 6) is -1.19. The fourth-order valence-electron chi connectivity index (χ4n) is 3.19. The highest BCUT2D eigenvalue weighted by molar-refractivity contribution is 6.34. The first-order valence-electron chi connectivity index (χ1n) is 9.96. The van der Waals surface area contributed by atoms with Crippen LogP contribution in [0.1, 0.15) is 20.8 Å². The maximum Gasteiger partial charge on any atom is 0.410 e. The predicted octanol–water partition coefficient (Wildman–Crippen LogP) is 4.68. The second-order valence-electron chi connectivity index (χ2n) is 7.13. The minimum absolute atomic E-state index is 0.0344. The number of nitrogens with zero attached hydrogens (tertiary/aromatic N) is 3. The third-order valence-corrected chi connectivity index (χ3v) is 5.42. The summed E-state index contributed by atoms with van der Waals surface area (Å²) in [7, 11) is 0. The van der Waals surface area contributed by atoms with Crippen molar-refractivity contribution in [1.82, 2.24) is 14.8 Å². The number of amides is 3. The first-order chi connectivity index (χ1) is 16.7. The summed E-state index contributed by atoms with van der Waals surface area (Å²) >= 11 is 12.3. The number of pyridine rings is 1. The number of carboxylic acid groups (broad SMARTS) is 1. The smallest absolute Gasteiger partial charge is 0.410 e. The molecule has 4 rings (SSSR count). The molecule has 0 unspecified atom stereocenters. The van der Waals surface area contributed by atoms with Gasteiger partial charge in [0.2, 0.25) is 0 Å². The van der Waals surface area contributed by atoms with Crippen molar-refractivity contribution in [1.29, 1.82) is 0 Å². The molecular formula is C23H16Cl2N6O4. The Morgan fingerprint density at radius 1 is 0.914 bits per heavy atom. The van der Waals surface area contributed by atoms with Gasteiger partial charge in [-0.15, -0.1) is 0 Å². The highest BCUT2D eigenvalue weighted by atomic mass is 35.5. The van der Waals surface area contributed by atoms with E-state index >= 15 is 0 Å². The highest BCUT2D eigenvalue weighted by Crippen LogP contribution is 2.29. The van der Waals surface area contributed by atoms with Crippen molar-refractivity contribution in [3.05, 3.63) is 88.0 Å². The number of halogens is 2. The van der Waals surface area contributed by atoms with Crippen LogP contribution >= 0.6 is 23.2 Å². The molecule has 0 bridgehead atoms. The molecule has 35 heavy (non-hydrogen) atoms. The van der Waals surface area contributed by atoms with Crippen molar-refractivity contribution in [3.63, 3.8) is 0 Å². The molecule has 0 aliphatic carbocycles. The number of hydrogen-bond acceptors (Lipinski definition) is 5. The van der Waals surface area contributed by atoms with Crippen LogP contribution in [-0.2, 0) is 0 Å².